The van der Waals surface area contributed by atoms with Crippen molar-refractivity contribution in [2.45, 2.75) is 6.54 Å². The third kappa shape index (κ3) is 3.23. The number of amides is 2. The molecule has 0 unspecified atom stereocenters. The van der Waals surface area contributed by atoms with E-state index < -0.39 is 11.5 Å². The molecule has 3 heterocycles. The van der Waals surface area contributed by atoms with Crippen LogP contribution in [0.3, 0.4) is 0 Å². The first-order valence-corrected chi connectivity index (χ1v) is 8.56. The molecule has 0 radical (unpaired) electrons. The molecular formula is C18H13ClN4O5. The van der Waals surface area contributed by atoms with Crippen LogP contribution in [0, 0.1) is 0 Å². The van der Waals surface area contributed by atoms with Crippen molar-refractivity contribution >= 4 is 46.8 Å². The van der Waals surface area contributed by atoms with Gasteiger partial charge in [-0.15, -0.1) is 0 Å². The lowest BCUT2D eigenvalue weighted by atomic mass is 10.1. The lowest BCUT2D eigenvalue weighted by Gasteiger charge is -2.19. The minimum atomic E-state index is -1.33. The summed E-state index contributed by atoms with van der Waals surface area (Å²) in [6.45, 7) is 0.405. The van der Waals surface area contributed by atoms with E-state index in [1.54, 1.807) is 24.4 Å². The van der Waals surface area contributed by atoms with Crippen LogP contribution in [-0.2, 0) is 6.54 Å². The zero-order chi connectivity index (χ0) is 19.8. The fourth-order valence-corrected chi connectivity index (χ4v) is 3.23. The molecule has 1 aliphatic heterocycles. The number of hydrogen-bond donors (Lipinski definition) is 3. The first-order chi connectivity index (χ1) is 13.4. The molecule has 0 atom stereocenters. The third-order valence-electron chi connectivity index (χ3n) is 4.32. The number of carbonyl (C=O) groups excluding carboxylic acids is 1. The van der Waals surface area contributed by atoms with E-state index in [0.29, 0.717) is 38.7 Å². The predicted molar refractivity (Wildman–Crippen MR) is 100 cm³/mol. The molecule has 2 aromatic heterocycles. The van der Waals surface area contributed by atoms with E-state index in [2.05, 4.69) is 15.5 Å². The van der Waals surface area contributed by atoms with E-state index in [0.717, 1.165) is 0 Å². The molecular weight excluding hydrogens is 388 g/mol. The Kier molecular flexibility index (Phi) is 4.36. The van der Waals surface area contributed by atoms with Crippen molar-refractivity contribution in [2.75, 3.05) is 6.54 Å². The van der Waals surface area contributed by atoms with Gasteiger partial charge in [0, 0.05) is 29.7 Å². The lowest BCUT2D eigenvalue weighted by Crippen LogP contribution is -2.41. The number of carbonyl (C=O) groups is 2. The van der Waals surface area contributed by atoms with Crippen LogP contribution in [-0.4, -0.2) is 38.7 Å². The summed E-state index contributed by atoms with van der Waals surface area (Å²) in [5, 5.41) is 17.0. The molecule has 0 fully saturated rings. The molecule has 4 rings (SSSR count). The molecule has 28 heavy (non-hydrogen) atoms. The van der Waals surface area contributed by atoms with Crippen molar-refractivity contribution < 1.29 is 19.2 Å². The van der Waals surface area contributed by atoms with E-state index >= 15 is 0 Å². The Hall–Kier alpha value is -3.59. The van der Waals surface area contributed by atoms with Crippen LogP contribution >= 0.6 is 11.6 Å². The molecule has 2 amide bonds. The van der Waals surface area contributed by atoms with Gasteiger partial charge in [0.2, 0.25) is 0 Å². The van der Waals surface area contributed by atoms with Gasteiger partial charge in [0.1, 0.15) is 5.56 Å². The summed E-state index contributed by atoms with van der Waals surface area (Å²) in [5.74, 6) is -1.33. The molecule has 0 saturated heterocycles. The number of hydrogen-bond acceptors (Lipinski definition) is 5. The SMILES string of the molecule is O=C(O)c1cc2cc(Cl)cc(CNC(=O)N3C=c4cnoc4=CC3)c2[nH]c1=O. The maximum Gasteiger partial charge on any atom is 0.341 e. The number of nitrogens with one attached hydrogen (secondary N) is 2. The summed E-state index contributed by atoms with van der Waals surface area (Å²) in [7, 11) is 0. The summed E-state index contributed by atoms with van der Waals surface area (Å²) >= 11 is 6.11. The number of benzene rings is 1. The molecule has 0 bridgehead atoms. The van der Waals surface area contributed by atoms with Gasteiger partial charge < -0.3 is 19.9 Å². The highest BCUT2D eigenvalue weighted by Gasteiger charge is 2.16. The average molecular weight is 401 g/mol. The Morgan fingerprint density at radius 2 is 2.18 bits per heavy atom. The fraction of sp³-hybridized carbons (Fsp3) is 0.111. The first-order valence-electron chi connectivity index (χ1n) is 8.18. The van der Waals surface area contributed by atoms with Gasteiger partial charge in [-0.25, -0.2) is 9.59 Å². The molecule has 3 N–H and O–H groups in total. The zero-order valence-corrected chi connectivity index (χ0v) is 15.0. The number of aromatic amines is 1. The topological polar surface area (TPSA) is 129 Å². The van der Waals surface area contributed by atoms with Crippen molar-refractivity contribution in [1.82, 2.24) is 20.4 Å². The quantitative estimate of drug-likeness (QED) is 0.591. The largest absolute Gasteiger partial charge is 0.477 e. The molecule has 1 aliphatic rings. The highest BCUT2D eigenvalue weighted by atomic mass is 35.5. The van der Waals surface area contributed by atoms with Crippen LogP contribution in [0.15, 0.2) is 33.7 Å². The number of urea groups is 1. The van der Waals surface area contributed by atoms with Crippen LogP contribution in [0.4, 0.5) is 4.79 Å². The van der Waals surface area contributed by atoms with Gasteiger partial charge in [0.15, 0.2) is 5.42 Å². The maximum absolute atomic E-state index is 12.5. The maximum atomic E-state index is 12.5. The Labute approximate surface area is 161 Å². The van der Waals surface area contributed by atoms with Gasteiger partial charge in [-0.05, 0) is 29.8 Å². The molecule has 0 spiro atoms. The number of rotatable bonds is 3. The van der Waals surface area contributed by atoms with E-state index in [1.807, 2.05) is 0 Å². The molecule has 0 saturated carbocycles. The molecule has 142 valence electrons. The van der Waals surface area contributed by atoms with E-state index in [1.165, 1.54) is 17.2 Å². The average Bonchev–Trinajstić information content (AvgIpc) is 3.13. The van der Waals surface area contributed by atoms with Crippen LogP contribution in [0.5, 0.6) is 0 Å². The van der Waals surface area contributed by atoms with Crippen molar-refractivity contribution in [3.05, 3.63) is 61.5 Å². The van der Waals surface area contributed by atoms with Crippen molar-refractivity contribution in [2.24, 2.45) is 0 Å². The van der Waals surface area contributed by atoms with Crippen molar-refractivity contribution in [1.29, 1.82) is 0 Å². The van der Waals surface area contributed by atoms with Gasteiger partial charge in [0.25, 0.3) is 5.56 Å². The molecule has 1 aromatic carbocycles. The number of nitrogens with zero attached hydrogens (tertiary/aromatic N) is 2. The second-order valence-corrected chi connectivity index (χ2v) is 6.57. The van der Waals surface area contributed by atoms with Crippen molar-refractivity contribution in [3.63, 3.8) is 0 Å². The lowest BCUT2D eigenvalue weighted by molar-refractivity contribution is 0.0695. The zero-order valence-electron chi connectivity index (χ0n) is 14.2. The first kappa shape index (κ1) is 17.8. The number of H-pyrrole nitrogens is 1. The van der Waals surface area contributed by atoms with Gasteiger partial charge in [-0.1, -0.05) is 16.8 Å². The van der Waals surface area contributed by atoms with Crippen LogP contribution < -0.4 is 21.5 Å². The number of carboxylic acids is 1. The van der Waals surface area contributed by atoms with Gasteiger partial charge in [-0.3, -0.25) is 9.69 Å². The summed E-state index contributed by atoms with van der Waals surface area (Å²) < 4.78 is 5.03. The summed E-state index contributed by atoms with van der Waals surface area (Å²) in [4.78, 5) is 39.6. The Balaban J connectivity index is 1.61. The van der Waals surface area contributed by atoms with Crippen LogP contribution in [0.1, 0.15) is 15.9 Å². The molecule has 0 aliphatic carbocycles. The van der Waals surface area contributed by atoms with Crippen LogP contribution in [0.25, 0.3) is 23.2 Å². The molecule has 3 aromatic rings. The van der Waals surface area contributed by atoms with Crippen molar-refractivity contribution in [3.8, 4) is 0 Å². The Bertz CT molecular complexity index is 1290. The van der Waals surface area contributed by atoms with Crippen LogP contribution in [0.2, 0.25) is 5.02 Å². The number of aromatic nitrogens is 2. The van der Waals surface area contributed by atoms with Gasteiger partial charge in [-0.2, -0.15) is 0 Å². The normalized spacial score (nSPS) is 12.8. The number of fused-ring (bicyclic) bond motifs is 2. The summed E-state index contributed by atoms with van der Waals surface area (Å²) in [6, 6.07) is 4.05. The number of aromatic carboxylic acids is 1. The third-order valence-corrected chi connectivity index (χ3v) is 4.53. The Morgan fingerprint density at radius 3 is 2.96 bits per heavy atom. The minimum Gasteiger partial charge on any atom is -0.477 e. The standard InChI is InChI=1S/C18H13ClN4O5/c19-12-3-9-5-13(17(25)26)16(24)22-15(9)10(4-12)6-20-18(27)23-2-1-14-11(8-23)7-21-28-14/h1,3-5,7-8H,2,6H2,(H,20,27)(H,22,24)(H,25,26). The monoisotopic (exact) mass is 400 g/mol. The van der Waals surface area contributed by atoms with E-state index in [9.17, 15) is 14.4 Å². The van der Waals surface area contributed by atoms with E-state index in [-0.39, 0.29) is 18.1 Å². The van der Waals surface area contributed by atoms with Gasteiger partial charge >= 0.3 is 12.0 Å². The predicted octanol–water partition coefficient (Wildman–Crippen LogP) is 0.612. The summed E-state index contributed by atoms with van der Waals surface area (Å²) in [6.07, 6.45) is 4.88. The number of pyridine rings is 1. The molecule has 9 nitrogen and oxygen atoms in total. The smallest absolute Gasteiger partial charge is 0.341 e. The van der Waals surface area contributed by atoms with E-state index in [4.69, 9.17) is 21.2 Å². The Morgan fingerprint density at radius 1 is 1.36 bits per heavy atom. The second kappa shape index (κ2) is 6.86. The second-order valence-electron chi connectivity index (χ2n) is 6.14. The van der Waals surface area contributed by atoms with Gasteiger partial charge in [0.05, 0.1) is 16.9 Å². The molecule has 10 heteroatoms. The summed E-state index contributed by atoms with van der Waals surface area (Å²) in [5.41, 5.74) is 0.463. The number of carboxylic acid groups (broad SMARTS) is 1. The highest BCUT2D eigenvalue weighted by Crippen LogP contribution is 2.22. The fourth-order valence-electron chi connectivity index (χ4n) is 2.98. The highest BCUT2D eigenvalue weighted by molar-refractivity contribution is 6.31. The number of halogens is 1. The minimum absolute atomic E-state index is 0.0824.